The lowest BCUT2D eigenvalue weighted by Gasteiger charge is -2.06. The fraction of sp³-hybridized carbons (Fsp3) is 0. The van der Waals surface area contributed by atoms with Crippen LogP contribution in [0.3, 0.4) is 0 Å². The molecule has 0 spiro atoms. The summed E-state index contributed by atoms with van der Waals surface area (Å²) >= 11 is 0. The maximum Gasteiger partial charge on any atom is 0.247 e. The van der Waals surface area contributed by atoms with Crippen molar-refractivity contribution in [2.24, 2.45) is 5.73 Å². The van der Waals surface area contributed by atoms with Crippen LogP contribution in [0.1, 0.15) is 0 Å². The summed E-state index contributed by atoms with van der Waals surface area (Å²) in [6.45, 7) is 0. The van der Waals surface area contributed by atoms with E-state index in [0.29, 0.717) is 5.30 Å². The third kappa shape index (κ3) is 1.90. The molecule has 1 atom stereocenters. The molecule has 0 saturated carbocycles. The molecule has 0 aliphatic carbocycles. The van der Waals surface area contributed by atoms with Crippen LogP contribution in [0.15, 0.2) is 30.3 Å². The van der Waals surface area contributed by atoms with Crippen LogP contribution < -0.4 is 11.0 Å². The molecule has 1 unspecified atom stereocenters. The van der Waals surface area contributed by atoms with Crippen molar-refractivity contribution in [1.29, 1.82) is 0 Å². The van der Waals surface area contributed by atoms with Gasteiger partial charge in [-0.15, -0.1) is 0 Å². The molecular weight excluding hydrogens is 161 g/mol. The van der Waals surface area contributed by atoms with Gasteiger partial charge in [0.2, 0.25) is 7.37 Å². The van der Waals surface area contributed by atoms with Gasteiger partial charge in [-0.05, 0) is 12.1 Å². The van der Waals surface area contributed by atoms with Gasteiger partial charge in [-0.2, -0.15) is 0 Å². The lowest BCUT2D eigenvalue weighted by Crippen LogP contribution is -2.07. The smallest absolute Gasteiger partial charge is 0.247 e. The Bertz CT molecular complexity index is 273. The molecule has 4 heteroatoms. The highest BCUT2D eigenvalue weighted by atomic mass is 31.2. The summed E-state index contributed by atoms with van der Waals surface area (Å²) < 4.78 is 11.2. The Morgan fingerprint density at radius 2 is 1.91 bits per heavy atom. The minimum atomic E-state index is -3.37. The number of nitrogens with two attached hydrogens (primary N) is 1. The second-order valence-corrected chi connectivity index (χ2v) is 4.17. The van der Waals surface area contributed by atoms with Gasteiger partial charge in [0.1, 0.15) is 6.29 Å². The van der Waals surface area contributed by atoms with Crippen molar-refractivity contribution in [1.82, 2.24) is 0 Å². The summed E-state index contributed by atoms with van der Waals surface area (Å²) in [6, 6.07) is 8.32. The van der Waals surface area contributed by atoms with Gasteiger partial charge < -0.3 is 10.6 Å². The van der Waals surface area contributed by atoms with Crippen molar-refractivity contribution < 1.29 is 9.46 Å². The Kier molecular flexibility index (Phi) is 2.45. The Morgan fingerprint density at radius 1 is 1.36 bits per heavy atom. The minimum absolute atomic E-state index is 0.363. The molecule has 3 N–H and O–H groups in total. The van der Waals surface area contributed by atoms with E-state index in [0.717, 1.165) is 6.29 Å². The highest BCUT2D eigenvalue weighted by Crippen LogP contribution is 2.39. The van der Waals surface area contributed by atoms with Crippen molar-refractivity contribution in [3.05, 3.63) is 36.6 Å². The van der Waals surface area contributed by atoms with Crippen LogP contribution in [0.25, 0.3) is 0 Å². The standard InChI is InChI=1S/C7H9NO2P/c8-6-11(9,10)7-4-2-1-3-5-7/h1-6H,8H2,(H,9,10). The van der Waals surface area contributed by atoms with Crippen molar-refractivity contribution in [2.45, 2.75) is 0 Å². The Balaban J connectivity index is 3.03. The Morgan fingerprint density at radius 3 is 2.36 bits per heavy atom. The maximum atomic E-state index is 11.2. The quantitative estimate of drug-likeness (QED) is 0.641. The van der Waals surface area contributed by atoms with Crippen molar-refractivity contribution in [2.75, 3.05) is 0 Å². The van der Waals surface area contributed by atoms with Gasteiger partial charge in [0, 0.05) is 5.30 Å². The fourth-order valence-corrected chi connectivity index (χ4v) is 1.50. The molecule has 59 valence electrons. The van der Waals surface area contributed by atoms with E-state index in [1.54, 1.807) is 30.3 Å². The SMILES string of the molecule is N[CH]P(=O)(O)c1ccccc1. The van der Waals surface area contributed by atoms with Crippen LogP contribution in [0.2, 0.25) is 0 Å². The molecule has 1 rings (SSSR count). The second kappa shape index (κ2) is 3.18. The molecule has 1 radical (unpaired) electrons. The van der Waals surface area contributed by atoms with Crippen molar-refractivity contribution in [3.63, 3.8) is 0 Å². The number of benzene rings is 1. The first-order chi connectivity index (χ1) is 5.17. The van der Waals surface area contributed by atoms with Crippen molar-refractivity contribution >= 4 is 12.7 Å². The predicted octanol–water partition coefficient (Wildman–Crippen LogP) is 0.660. The Labute approximate surface area is 65.3 Å². The molecule has 0 heterocycles. The molecule has 3 nitrogen and oxygen atoms in total. The van der Waals surface area contributed by atoms with E-state index in [1.807, 2.05) is 0 Å². The lowest BCUT2D eigenvalue weighted by atomic mass is 10.4. The molecule has 1 aromatic rings. The number of hydrogen-bond donors (Lipinski definition) is 2. The molecule has 0 saturated heterocycles. The summed E-state index contributed by atoms with van der Waals surface area (Å²) in [5.41, 5.74) is 5.00. The molecule has 11 heavy (non-hydrogen) atoms. The van der Waals surface area contributed by atoms with Gasteiger partial charge in [0.25, 0.3) is 0 Å². The van der Waals surface area contributed by atoms with E-state index >= 15 is 0 Å². The average Bonchev–Trinajstić information content (AvgIpc) is 2.06. The zero-order valence-electron chi connectivity index (χ0n) is 5.84. The molecule has 0 bridgehead atoms. The number of rotatable bonds is 2. The molecule has 1 aromatic carbocycles. The van der Waals surface area contributed by atoms with E-state index in [1.165, 1.54) is 0 Å². The first kappa shape index (κ1) is 8.47. The molecule has 0 fully saturated rings. The normalized spacial score (nSPS) is 15.8. The topological polar surface area (TPSA) is 63.3 Å². The zero-order chi connectivity index (χ0) is 8.32. The summed E-state index contributed by atoms with van der Waals surface area (Å²) in [5.74, 6) is 0. The van der Waals surface area contributed by atoms with Crippen LogP contribution in [0.4, 0.5) is 0 Å². The second-order valence-electron chi connectivity index (χ2n) is 2.11. The van der Waals surface area contributed by atoms with Crippen molar-refractivity contribution in [3.8, 4) is 0 Å². The maximum absolute atomic E-state index is 11.2. The first-order valence-electron chi connectivity index (χ1n) is 3.11. The van der Waals surface area contributed by atoms with E-state index in [4.69, 9.17) is 10.6 Å². The van der Waals surface area contributed by atoms with Gasteiger partial charge in [0.15, 0.2) is 0 Å². The van der Waals surface area contributed by atoms with Gasteiger partial charge in [-0.3, -0.25) is 4.57 Å². The third-order valence-electron chi connectivity index (χ3n) is 1.33. The van der Waals surface area contributed by atoms with Crippen LogP contribution in [0.5, 0.6) is 0 Å². The molecule has 0 amide bonds. The van der Waals surface area contributed by atoms with Gasteiger partial charge in [0.05, 0.1) is 0 Å². The van der Waals surface area contributed by atoms with Crippen LogP contribution >= 0.6 is 7.37 Å². The van der Waals surface area contributed by atoms with Crippen LogP contribution in [0, 0.1) is 6.29 Å². The number of hydrogen-bond acceptors (Lipinski definition) is 2. The highest BCUT2D eigenvalue weighted by molar-refractivity contribution is 7.68. The summed E-state index contributed by atoms with van der Waals surface area (Å²) in [6.07, 6.45) is 0.836. The average molecular weight is 170 g/mol. The molecule has 0 aromatic heterocycles. The largest absolute Gasteiger partial charge is 0.340 e. The lowest BCUT2D eigenvalue weighted by molar-refractivity contribution is 0.496. The van der Waals surface area contributed by atoms with E-state index in [2.05, 4.69) is 0 Å². The fourth-order valence-electron chi connectivity index (χ4n) is 0.728. The van der Waals surface area contributed by atoms with Gasteiger partial charge >= 0.3 is 0 Å². The van der Waals surface area contributed by atoms with Crippen LogP contribution in [-0.4, -0.2) is 4.89 Å². The summed E-state index contributed by atoms with van der Waals surface area (Å²) in [5, 5.41) is 0.363. The van der Waals surface area contributed by atoms with E-state index in [9.17, 15) is 4.57 Å². The molecule has 0 aliphatic rings. The van der Waals surface area contributed by atoms with Gasteiger partial charge in [-0.1, -0.05) is 18.2 Å². The molecule has 0 aliphatic heterocycles. The Hall–Kier alpha value is -0.630. The first-order valence-corrected chi connectivity index (χ1v) is 4.84. The minimum Gasteiger partial charge on any atom is -0.340 e. The molecular formula is C7H9NO2P. The summed E-state index contributed by atoms with van der Waals surface area (Å²) in [7, 11) is -3.37. The predicted molar refractivity (Wildman–Crippen MR) is 44.4 cm³/mol. The third-order valence-corrected chi connectivity index (χ3v) is 2.77. The summed E-state index contributed by atoms with van der Waals surface area (Å²) in [4.78, 5) is 9.17. The zero-order valence-corrected chi connectivity index (χ0v) is 6.74. The monoisotopic (exact) mass is 170 g/mol. The highest BCUT2D eigenvalue weighted by Gasteiger charge is 2.17. The van der Waals surface area contributed by atoms with E-state index < -0.39 is 7.37 Å². The van der Waals surface area contributed by atoms with Crippen LogP contribution in [-0.2, 0) is 4.57 Å². The van der Waals surface area contributed by atoms with E-state index in [-0.39, 0.29) is 0 Å². The van der Waals surface area contributed by atoms with Gasteiger partial charge in [-0.25, -0.2) is 0 Å².